The highest BCUT2D eigenvalue weighted by Gasteiger charge is 2.10. The Balaban J connectivity index is 1.72. The number of hydrogen-bond donors (Lipinski definition) is 1. The van der Waals surface area contributed by atoms with Gasteiger partial charge in [0.05, 0.1) is 5.69 Å². The van der Waals surface area contributed by atoms with E-state index in [1.165, 1.54) is 38.1 Å². The smallest absolute Gasteiger partial charge is 0.125 e. The predicted octanol–water partition coefficient (Wildman–Crippen LogP) is 3.49. The van der Waals surface area contributed by atoms with Crippen LogP contribution in [0.15, 0.2) is 22.7 Å². The molecule has 1 aromatic carbocycles. The van der Waals surface area contributed by atoms with Crippen LogP contribution in [-0.2, 0) is 0 Å². The van der Waals surface area contributed by atoms with Gasteiger partial charge in [0.15, 0.2) is 0 Å². The molecule has 1 aliphatic heterocycles. The lowest BCUT2D eigenvalue weighted by atomic mass is 10.3. The van der Waals surface area contributed by atoms with Crippen molar-refractivity contribution in [3.8, 4) is 0 Å². The fraction of sp³-hybridized carbons (Fsp3) is 0.538. The quantitative estimate of drug-likeness (QED) is 0.838. The zero-order valence-electron chi connectivity index (χ0n) is 9.88. The summed E-state index contributed by atoms with van der Waals surface area (Å²) in [6, 6.07) is 4.72. The molecule has 17 heavy (non-hydrogen) atoms. The van der Waals surface area contributed by atoms with Gasteiger partial charge < -0.3 is 10.2 Å². The van der Waals surface area contributed by atoms with Crippen molar-refractivity contribution < 1.29 is 4.39 Å². The molecule has 0 amide bonds. The lowest BCUT2D eigenvalue weighted by molar-refractivity contribution is 0.337. The topological polar surface area (TPSA) is 15.3 Å². The number of likely N-dealkylation sites (tertiary alicyclic amines) is 1. The summed E-state index contributed by atoms with van der Waals surface area (Å²) in [7, 11) is 0. The Morgan fingerprint density at radius 1 is 1.29 bits per heavy atom. The number of nitrogens with zero attached hydrogens (tertiary/aromatic N) is 1. The van der Waals surface area contributed by atoms with Gasteiger partial charge in [0.25, 0.3) is 0 Å². The van der Waals surface area contributed by atoms with Gasteiger partial charge in [-0.1, -0.05) is 0 Å². The van der Waals surface area contributed by atoms with Crippen molar-refractivity contribution in [3.63, 3.8) is 0 Å². The molecule has 2 nitrogen and oxygen atoms in total. The zero-order chi connectivity index (χ0) is 12.1. The summed E-state index contributed by atoms with van der Waals surface area (Å²) in [5.74, 6) is -0.199. The standard InChI is InChI=1S/C13H18BrFN2/c14-12-5-4-11(15)10-13(12)16-6-3-9-17-7-1-2-8-17/h4-5,10,16H,1-3,6-9H2. The summed E-state index contributed by atoms with van der Waals surface area (Å²) in [4.78, 5) is 2.49. The molecule has 1 fully saturated rings. The van der Waals surface area contributed by atoms with Crippen LogP contribution >= 0.6 is 15.9 Å². The minimum Gasteiger partial charge on any atom is -0.384 e. The maximum atomic E-state index is 13.0. The maximum Gasteiger partial charge on any atom is 0.125 e. The van der Waals surface area contributed by atoms with Crippen LogP contribution in [0.4, 0.5) is 10.1 Å². The molecule has 1 aromatic rings. The molecule has 0 saturated carbocycles. The van der Waals surface area contributed by atoms with E-state index in [0.717, 1.165) is 29.7 Å². The van der Waals surface area contributed by atoms with Crippen LogP contribution in [-0.4, -0.2) is 31.1 Å². The van der Waals surface area contributed by atoms with Gasteiger partial charge in [-0.05, 0) is 73.0 Å². The number of benzene rings is 1. The molecule has 0 radical (unpaired) electrons. The molecule has 94 valence electrons. The highest BCUT2D eigenvalue weighted by molar-refractivity contribution is 9.10. The van der Waals surface area contributed by atoms with Gasteiger partial charge in [0, 0.05) is 11.0 Å². The lowest BCUT2D eigenvalue weighted by Crippen LogP contribution is -2.22. The predicted molar refractivity (Wildman–Crippen MR) is 72.9 cm³/mol. The summed E-state index contributed by atoms with van der Waals surface area (Å²) in [5.41, 5.74) is 0.839. The summed E-state index contributed by atoms with van der Waals surface area (Å²) in [5, 5.41) is 3.26. The molecule has 0 unspecified atom stereocenters. The Hall–Kier alpha value is -0.610. The van der Waals surface area contributed by atoms with Crippen LogP contribution in [0.2, 0.25) is 0 Å². The monoisotopic (exact) mass is 300 g/mol. The first kappa shape index (κ1) is 12.8. The largest absolute Gasteiger partial charge is 0.384 e. The van der Waals surface area contributed by atoms with E-state index >= 15 is 0 Å². The van der Waals surface area contributed by atoms with Crippen LogP contribution in [0.1, 0.15) is 19.3 Å². The first-order valence-corrected chi connectivity index (χ1v) is 6.96. The average molecular weight is 301 g/mol. The molecule has 2 rings (SSSR count). The lowest BCUT2D eigenvalue weighted by Gasteiger charge is -2.15. The summed E-state index contributed by atoms with van der Waals surface area (Å²) in [6.07, 6.45) is 3.77. The molecule has 1 aliphatic rings. The van der Waals surface area contributed by atoms with Gasteiger partial charge in [0.2, 0.25) is 0 Å². The number of rotatable bonds is 5. The van der Waals surface area contributed by atoms with Gasteiger partial charge >= 0.3 is 0 Å². The van der Waals surface area contributed by atoms with E-state index in [2.05, 4.69) is 26.1 Å². The van der Waals surface area contributed by atoms with Crippen LogP contribution < -0.4 is 5.32 Å². The molecule has 1 N–H and O–H groups in total. The van der Waals surface area contributed by atoms with Gasteiger partial charge in [-0.3, -0.25) is 0 Å². The number of nitrogens with one attached hydrogen (secondary N) is 1. The van der Waals surface area contributed by atoms with E-state index in [1.807, 2.05) is 0 Å². The second-order valence-electron chi connectivity index (χ2n) is 4.45. The molecule has 4 heteroatoms. The molecule has 0 aliphatic carbocycles. The third-order valence-corrected chi connectivity index (χ3v) is 3.79. The van der Waals surface area contributed by atoms with E-state index < -0.39 is 0 Å². The van der Waals surface area contributed by atoms with Crippen molar-refractivity contribution in [2.75, 3.05) is 31.5 Å². The molecule has 1 saturated heterocycles. The first-order chi connectivity index (χ1) is 8.25. The highest BCUT2D eigenvalue weighted by Crippen LogP contribution is 2.22. The van der Waals surface area contributed by atoms with Gasteiger partial charge in [0.1, 0.15) is 5.82 Å². The molecule has 1 heterocycles. The molecular formula is C13H18BrFN2. The fourth-order valence-corrected chi connectivity index (χ4v) is 2.55. The molecule has 0 atom stereocenters. The van der Waals surface area contributed by atoms with Crippen molar-refractivity contribution in [2.24, 2.45) is 0 Å². The van der Waals surface area contributed by atoms with Crippen LogP contribution in [0.25, 0.3) is 0 Å². The number of anilines is 1. The maximum absolute atomic E-state index is 13.0. The van der Waals surface area contributed by atoms with E-state index in [9.17, 15) is 4.39 Å². The molecule has 0 spiro atoms. The number of halogens is 2. The second-order valence-corrected chi connectivity index (χ2v) is 5.31. The Kier molecular flexibility index (Phi) is 4.80. The Bertz CT molecular complexity index is 364. The normalized spacial score (nSPS) is 16.4. The average Bonchev–Trinajstić information content (AvgIpc) is 2.82. The van der Waals surface area contributed by atoms with E-state index in [-0.39, 0.29) is 5.82 Å². The summed E-state index contributed by atoms with van der Waals surface area (Å²) in [6.45, 7) is 4.51. The SMILES string of the molecule is Fc1ccc(Br)c(NCCCN2CCCC2)c1. The van der Waals surface area contributed by atoms with Crippen LogP contribution in [0.3, 0.4) is 0 Å². The van der Waals surface area contributed by atoms with Crippen LogP contribution in [0, 0.1) is 5.82 Å². The van der Waals surface area contributed by atoms with Crippen molar-refractivity contribution >= 4 is 21.6 Å². The second kappa shape index (κ2) is 6.36. The number of hydrogen-bond acceptors (Lipinski definition) is 2. The third-order valence-electron chi connectivity index (χ3n) is 3.09. The van der Waals surface area contributed by atoms with Gasteiger partial charge in [-0.25, -0.2) is 4.39 Å². The summed E-state index contributed by atoms with van der Waals surface area (Å²) >= 11 is 3.41. The van der Waals surface area contributed by atoms with E-state index in [4.69, 9.17) is 0 Å². The highest BCUT2D eigenvalue weighted by atomic mass is 79.9. The molecular weight excluding hydrogens is 283 g/mol. The van der Waals surface area contributed by atoms with Crippen LogP contribution in [0.5, 0.6) is 0 Å². The zero-order valence-corrected chi connectivity index (χ0v) is 11.5. The first-order valence-electron chi connectivity index (χ1n) is 6.17. The fourth-order valence-electron chi connectivity index (χ4n) is 2.16. The van der Waals surface area contributed by atoms with Crippen molar-refractivity contribution in [2.45, 2.75) is 19.3 Å². The minimum atomic E-state index is -0.199. The van der Waals surface area contributed by atoms with Gasteiger partial charge in [-0.15, -0.1) is 0 Å². The minimum absolute atomic E-state index is 0.199. The van der Waals surface area contributed by atoms with Crippen molar-refractivity contribution in [3.05, 3.63) is 28.5 Å². The van der Waals surface area contributed by atoms with Gasteiger partial charge in [-0.2, -0.15) is 0 Å². The Labute approximate surface area is 110 Å². The molecule has 0 aromatic heterocycles. The Morgan fingerprint density at radius 3 is 2.82 bits per heavy atom. The summed E-state index contributed by atoms with van der Waals surface area (Å²) < 4.78 is 13.9. The van der Waals surface area contributed by atoms with E-state index in [1.54, 1.807) is 6.07 Å². The molecule has 0 bridgehead atoms. The van der Waals surface area contributed by atoms with E-state index in [0.29, 0.717) is 0 Å². The Morgan fingerprint density at radius 2 is 2.06 bits per heavy atom. The third kappa shape index (κ3) is 3.96. The van der Waals surface area contributed by atoms with Crippen molar-refractivity contribution in [1.29, 1.82) is 0 Å². The van der Waals surface area contributed by atoms with Crippen molar-refractivity contribution in [1.82, 2.24) is 4.90 Å².